The van der Waals surface area contributed by atoms with Crippen LogP contribution in [0.15, 0.2) is 30.3 Å². The zero-order valence-electron chi connectivity index (χ0n) is 11.1. The molecule has 0 N–H and O–H groups in total. The van der Waals surface area contributed by atoms with Gasteiger partial charge in [-0.15, -0.1) is 22.9 Å². The van der Waals surface area contributed by atoms with Gasteiger partial charge in [-0.2, -0.15) is 0 Å². The second-order valence-electron chi connectivity index (χ2n) is 4.58. The van der Waals surface area contributed by atoms with Crippen LogP contribution in [-0.2, 0) is 18.8 Å². The second-order valence-corrected chi connectivity index (χ2v) is 6.50. The molecule has 0 unspecified atom stereocenters. The number of fused-ring (bicyclic) bond motifs is 1. The molecule has 104 valence electrons. The molecule has 2 nitrogen and oxygen atoms in total. The number of halogens is 2. The van der Waals surface area contributed by atoms with Crippen LogP contribution in [-0.4, -0.2) is 9.55 Å². The molecule has 5 heteroatoms. The molecule has 0 aliphatic carbocycles. The Morgan fingerprint density at radius 1 is 1.20 bits per heavy atom. The molecule has 0 aliphatic rings. The number of alkyl halides is 1. The SMILES string of the molecule is CCc1ccc(Cn2c(CCl)nc3c(Cl)cccc32)s1. The van der Waals surface area contributed by atoms with Gasteiger partial charge in [-0.3, -0.25) is 0 Å². The van der Waals surface area contributed by atoms with E-state index in [-0.39, 0.29) is 0 Å². The van der Waals surface area contributed by atoms with E-state index in [1.54, 1.807) is 0 Å². The van der Waals surface area contributed by atoms with E-state index in [0.717, 1.165) is 29.8 Å². The second kappa shape index (κ2) is 5.76. The molecule has 0 atom stereocenters. The summed E-state index contributed by atoms with van der Waals surface area (Å²) in [6.45, 7) is 2.97. The maximum absolute atomic E-state index is 6.21. The number of hydrogen-bond donors (Lipinski definition) is 0. The summed E-state index contributed by atoms with van der Waals surface area (Å²) in [5.41, 5.74) is 1.87. The molecular weight excluding hydrogens is 311 g/mol. The highest BCUT2D eigenvalue weighted by molar-refractivity contribution is 7.11. The minimum atomic E-state index is 0.386. The topological polar surface area (TPSA) is 17.8 Å². The number of imidazole rings is 1. The van der Waals surface area contributed by atoms with Gasteiger partial charge in [-0.1, -0.05) is 24.6 Å². The van der Waals surface area contributed by atoms with Gasteiger partial charge in [0.2, 0.25) is 0 Å². The Morgan fingerprint density at radius 2 is 2.00 bits per heavy atom. The molecule has 3 rings (SSSR count). The first-order valence-electron chi connectivity index (χ1n) is 6.50. The van der Waals surface area contributed by atoms with Crippen LogP contribution in [0.1, 0.15) is 22.5 Å². The Hall–Kier alpha value is -1.03. The third-order valence-electron chi connectivity index (χ3n) is 3.31. The zero-order valence-corrected chi connectivity index (χ0v) is 13.4. The number of para-hydroxylation sites is 1. The molecule has 0 spiro atoms. The molecule has 0 saturated heterocycles. The van der Waals surface area contributed by atoms with Gasteiger partial charge in [0.1, 0.15) is 11.3 Å². The van der Waals surface area contributed by atoms with Crippen molar-refractivity contribution in [2.45, 2.75) is 25.8 Å². The van der Waals surface area contributed by atoms with Crippen molar-refractivity contribution < 1.29 is 0 Å². The van der Waals surface area contributed by atoms with E-state index in [1.165, 1.54) is 9.75 Å². The van der Waals surface area contributed by atoms with Crippen molar-refractivity contribution in [1.29, 1.82) is 0 Å². The largest absolute Gasteiger partial charge is 0.322 e. The van der Waals surface area contributed by atoms with Gasteiger partial charge in [0.15, 0.2) is 0 Å². The quantitative estimate of drug-likeness (QED) is 0.610. The Kier molecular flexibility index (Phi) is 4.01. The summed E-state index contributed by atoms with van der Waals surface area (Å²) in [6, 6.07) is 10.2. The van der Waals surface area contributed by atoms with E-state index in [9.17, 15) is 0 Å². The number of rotatable bonds is 4. The van der Waals surface area contributed by atoms with Crippen LogP contribution < -0.4 is 0 Å². The molecule has 0 radical (unpaired) electrons. The van der Waals surface area contributed by atoms with Crippen LogP contribution >= 0.6 is 34.5 Å². The van der Waals surface area contributed by atoms with Crippen LogP contribution in [0, 0.1) is 0 Å². The lowest BCUT2D eigenvalue weighted by Crippen LogP contribution is -2.02. The summed E-state index contributed by atoms with van der Waals surface area (Å²) < 4.78 is 2.15. The third kappa shape index (κ3) is 2.46. The van der Waals surface area contributed by atoms with Gasteiger partial charge in [-0.05, 0) is 30.7 Å². The lowest BCUT2D eigenvalue weighted by atomic mass is 10.3. The predicted molar refractivity (Wildman–Crippen MR) is 87.1 cm³/mol. The fraction of sp³-hybridized carbons (Fsp3) is 0.267. The van der Waals surface area contributed by atoms with Crippen molar-refractivity contribution in [3.05, 3.63) is 50.9 Å². The van der Waals surface area contributed by atoms with Crippen LogP contribution in [0.25, 0.3) is 11.0 Å². The van der Waals surface area contributed by atoms with Gasteiger partial charge < -0.3 is 4.57 Å². The normalized spacial score (nSPS) is 11.3. The first-order chi connectivity index (χ1) is 9.72. The van der Waals surface area contributed by atoms with E-state index < -0.39 is 0 Å². The molecule has 0 fully saturated rings. The first kappa shape index (κ1) is 13.9. The molecular formula is C15H14Cl2N2S. The molecule has 0 amide bonds. The fourth-order valence-electron chi connectivity index (χ4n) is 2.29. The maximum atomic E-state index is 6.21. The van der Waals surface area contributed by atoms with Gasteiger partial charge in [0.05, 0.1) is 23.0 Å². The fourth-order valence-corrected chi connectivity index (χ4v) is 3.66. The Labute approximate surface area is 132 Å². The van der Waals surface area contributed by atoms with Gasteiger partial charge in [0.25, 0.3) is 0 Å². The molecule has 2 aromatic heterocycles. The molecule has 0 saturated carbocycles. The van der Waals surface area contributed by atoms with Gasteiger partial charge in [0, 0.05) is 9.75 Å². The average molecular weight is 325 g/mol. The molecule has 2 heterocycles. The lowest BCUT2D eigenvalue weighted by molar-refractivity contribution is 0.789. The van der Waals surface area contributed by atoms with Crippen molar-refractivity contribution in [1.82, 2.24) is 9.55 Å². The highest BCUT2D eigenvalue weighted by Crippen LogP contribution is 2.27. The first-order valence-corrected chi connectivity index (χ1v) is 8.23. The smallest absolute Gasteiger partial charge is 0.125 e. The van der Waals surface area contributed by atoms with E-state index in [2.05, 4.69) is 28.6 Å². The van der Waals surface area contributed by atoms with E-state index in [1.807, 2.05) is 29.5 Å². The van der Waals surface area contributed by atoms with E-state index >= 15 is 0 Å². The minimum absolute atomic E-state index is 0.386. The zero-order chi connectivity index (χ0) is 14.1. The monoisotopic (exact) mass is 324 g/mol. The molecule has 1 aromatic carbocycles. The molecule has 0 aliphatic heterocycles. The third-order valence-corrected chi connectivity index (χ3v) is 5.07. The lowest BCUT2D eigenvalue weighted by Gasteiger charge is -2.06. The highest BCUT2D eigenvalue weighted by atomic mass is 35.5. The number of benzene rings is 1. The van der Waals surface area contributed by atoms with Gasteiger partial charge >= 0.3 is 0 Å². The number of aryl methyl sites for hydroxylation is 1. The average Bonchev–Trinajstić information content (AvgIpc) is 3.05. The van der Waals surface area contributed by atoms with Crippen LogP contribution in [0.2, 0.25) is 5.02 Å². The summed E-state index contributed by atoms with van der Waals surface area (Å²) >= 11 is 14.1. The van der Waals surface area contributed by atoms with Crippen LogP contribution in [0.5, 0.6) is 0 Å². The van der Waals surface area contributed by atoms with Crippen molar-refractivity contribution in [2.24, 2.45) is 0 Å². The number of thiophene rings is 1. The van der Waals surface area contributed by atoms with Crippen molar-refractivity contribution in [2.75, 3.05) is 0 Å². The van der Waals surface area contributed by atoms with Crippen molar-refractivity contribution >= 4 is 45.6 Å². The van der Waals surface area contributed by atoms with Gasteiger partial charge in [-0.25, -0.2) is 4.98 Å². The molecule has 3 aromatic rings. The predicted octanol–water partition coefficient (Wildman–Crippen LogP) is 5.10. The summed E-state index contributed by atoms with van der Waals surface area (Å²) in [6.07, 6.45) is 1.07. The Morgan fingerprint density at radius 3 is 2.70 bits per heavy atom. The summed E-state index contributed by atoms with van der Waals surface area (Å²) in [5.74, 6) is 1.25. The van der Waals surface area contributed by atoms with Crippen molar-refractivity contribution in [3.63, 3.8) is 0 Å². The van der Waals surface area contributed by atoms with Crippen LogP contribution in [0.4, 0.5) is 0 Å². The summed E-state index contributed by atoms with van der Waals surface area (Å²) in [5, 5.41) is 0.674. The number of nitrogens with zero attached hydrogens (tertiary/aromatic N) is 2. The van der Waals surface area contributed by atoms with Crippen LogP contribution in [0.3, 0.4) is 0 Å². The summed E-state index contributed by atoms with van der Waals surface area (Å²) in [7, 11) is 0. The number of hydrogen-bond acceptors (Lipinski definition) is 2. The maximum Gasteiger partial charge on any atom is 0.125 e. The Balaban J connectivity index is 2.07. The van der Waals surface area contributed by atoms with E-state index in [4.69, 9.17) is 23.2 Å². The number of aromatic nitrogens is 2. The minimum Gasteiger partial charge on any atom is -0.322 e. The van der Waals surface area contributed by atoms with E-state index in [0.29, 0.717) is 10.9 Å². The highest BCUT2D eigenvalue weighted by Gasteiger charge is 2.13. The molecule has 20 heavy (non-hydrogen) atoms. The summed E-state index contributed by atoms with van der Waals surface area (Å²) in [4.78, 5) is 7.27. The molecule has 0 bridgehead atoms. The Bertz CT molecular complexity index is 745. The van der Waals surface area contributed by atoms with Crippen molar-refractivity contribution in [3.8, 4) is 0 Å². The standard InChI is InChI=1S/C15H14Cl2N2S/c1-2-10-6-7-11(20-10)9-19-13-5-3-4-12(17)15(13)18-14(19)8-16/h3-7H,2,8-9H2,1H3.